The highest BCUT2D eigenvalue weighted by Crippen LogP contribution is 2.39. The van der Waals surface area contributed by atoms with Crippen LogP contribution in [0.15, 0.2) is 24.3 Å². The maximum absolute atomic E-state index is 12.5. The van der Waals surface area contributed by atoms with E-state index in [4.69, 9.17) is 4.74 Å². The van der Waals surface area contributed by atoms with E-state index in [-0.39, 0.29) is 5.91 Å². The van der Waals surface area contributed by atoms with Crippen molar-refractivity contribution in [3.8, 4) is 0 Å². The molecule has 0 fully saturated rings. The highest BCUT2D eigenvalue weighted by molar-refractivity contribution is 6.35. The molecule has 1 aromatic heterocycles. The summed E-state index contributed by atoms with van der Waals surface area (Å²) in [7, 11) is 1.35. The number of anilines is 1. The minimum Gasteiger partial charge on any atom is -0.465 e. The van der Waals surface area contributed by atoms with Crippen molar-refractivity contribution >= 4 is 29.2 Å². The van der Waals surface area contributed by atoms with E-state index in [1.807, 2.05) is 6.08 Å². The van der Waals surface area contributed by atoms with Crippen LogP contribution in [-0.4, -0.2) is 24.0 Å². The number of carbonyl (C=O) groups excluding carboxylic acids is 2. The number of H-pyrrole nitrogens is 1. The Kier molecular flexibility index (Phi) is 4.38. The minimum absolute atomic E-state index is 0.153. The van der Waals surface area contributed by atoms with Crippen LogP contribution in [0.5, 0.6) is 0 Å². The number of hydrogen-bond acceptors (Lipinski definition) is 3. The topological polar surface area (TPSA) is 71.2 Å². The smallest absolute Gasteiger partial charge is 0.337 e. The monoisotopic (exact) mass is 364 g/mol. The Morgan fingerprint density at radius 1 is 1.30 bits per heavy atom. The second-order valence-corrected chi connectivity index (χ2v) is 7.67. The quantitative estimate of drug-likeness (QED) is 0.627. The molecule has 2 aromatic rings. The van der Waals surface area contributed by atoms with Crippen LogP contribution >= 0.6 is 0 Å². The van der Waals surface area contributed by atoms with Gasteiger partial charge in [0, 0.05) is 22.6 Å². The Hall–Kier alpha value is -2.82. The number of hydrogen-bond donors (Lipinski definition) is 2. The lowest BCUT2D eigenvalue weighted by Crippen LogP contribution is -2.13. The third-order valence-electron chi connectivity index (χ3n) is 5.62. The summed E-state index contributed by atoms with van der Waals surface area (Å²) in [6.07, 6.45) is 5.34. The van der Waals surface area contributed by atoms with Crippen LogP contribution in [0.1, 0.15) is 65.5 Å². The summed E-state index contributed by atoms with van der Waals surface area (Å²) in [4.78, 5) is 27.8. The van der Waals surface area contributed by atoms with Crippen molar-refractivity contribution in [2.24, 2.45) is 5.92 Å². The fourth-order valence-electron chi connectivity index (χ4n) is 4.23. The maximum Gasteiger partial charge on any atom is 0.337 e. The lowest BCUT2D eigenvalue weighted by atomic mass is 9.80. The molecule has 1 aromatic carbocycles. The molecule has 0 bridgehead atoms. The summed E-state index contributed by atoms with van der Waals surface area (Å²) < 4.78 is 4.80. The molecule has 1 atom stereocenters. The van der Waals surface area contributed by atoms with Crippen LogP contribution in [0, 0.1) is 5.92 Å². The fraction of sp³-hybridized carbons (Fsp3) is 0.364. The molecule has 1 amide bonds. The molecular weight excluding hydrogens is 340 g/mol. The first-order valence-corrected chi connectivity index (χ1v) is 9.45. The van der Waals surface area contributed by atoms with Crippen molar-refractivity contribution in [1.29, 1.82) is 0 Å². The van der Waals surface area contributed by atoms with Crippen LogP contribution in [0.3, 0.4) is 0 Å². The SMILES string of the molecule is COC(=O)c1ccc2c(c1)C(=Cc1cc3c([nH]1)CCCC3C(C)C)C(=O)N2. The zero-order valence-corrected chi connectivity index (χ0v) is 15.9. The molecule has 0 saturated heterocycles. The molecule has 0 saturated carbocycles. The van der Waals surface area contributed by atoms with Gasteiger partial charge in [0.1, 0.15) is 0 Å². The lowest BCUT2D eigenvalue weighted by molar-refractivity contribution is -0.110. The van der Waals surface area contributed by atoms with Crippen molar-refractivity contribution in [3.63, 3.8) is 0 Å². The molecule has 0 radical (unpaired) electrons. The zero-order chi connectivity index (χ0) is 19.1. The molecule has 27 heavy (non-hydrogen) atoms. The van der Waals surface area contributed by atoms with E-state index in [2.05, 4.69) is 30.2 Å². The number of aromatic nitrogens is 1. The maximum atomic E-state index is 12.5. The summed E-state index contributed by atoms with van der Waals surface area (Å²) in [5.74, 6) is 0.595. The first-order valence-electron chi connectivity index (χ1n) is 9.45. The largest absolute Gasteiger partial charge is 0.465 e. The number of ether oxygens (including phenoxy) is 1. The number of aryl methyl sites for hydroxylation is 1. The highest BCUT2D eigenvalue weighted by Gasteiger charge is 2.28. The Bertz CT molecular complexity index is 952. The van der Waals surface area contributed by atoms with Gasteiger partial charge in [-0.3, -0.25) is 4.79 Å². The van der Waals surface area contributed by atoms with Gasteiger partial charge in [-0.1, -0.05) is 13.8 Å². The second-order valence-electron chi connectivity index (χ2n) is 7.67. The number of fused-ring (bicyclic) bond motifs is 2. The summed E-state index contributed by atoms with van der Waals surface area (Å²) in [5.41, 5.74) is 6.05. The zero-order valence-electron chi connectivity index (χ0n) is 15.9. The molecule has 1 unspecified atom stereocenters. The highest BCUT2D eigenvalue weighted by atomic mass is 16.5. The van der Waals surface area contributed by atoms with Crippen LogP contribution in [0.4, 0.5) is 5.69 Å². The summed E-state index contributed by atoms with van der Waals surface area (Å²) in [6, 6.07) is 7.30. The van der Waals surface area contributed by atoms with E-state index >= 15 is 0 Å². The molecule has 1 aliphatic heterocycles. The Morgan fingerprint density at radius 2 is 2.11 bits per heavy atom. The number of nitrogens with one attached hydrogen (secondary N) is 2. The number of aromatic amines is 1. The van der Waals surface area contributed by atoms with Crippen molar-refractivity contribution in [2.75, 3.05) is 12.4 Å². The van der Waals surface area contributed by atoms with Crippen LogP contribution < -0.4 is 5.32 Å². The number of amides is 1. The molecule has 140 valence electrons. The van der Waals surface area contributed by atoms with Crippen LogP contribution in [0.25, 0.3) is 11.6 Å². The van der Waals surface area contributed by atoms with Gasteiger partial charge < -0.3 is 15.0 Å². The third kappa shape index (κ3) is 3.07. The predicted molar refractivity (Wildman–Crippen MR) is 106 cm³/mol. The normalized spacial score (nSPS) is 19.8. The van der Waals surface area contributed by atoms with E-state index in [1.54, 1.807) is 18.2 Å². The third-order valence-corrected chi connectivity index (χ3v) is 5.62. The fourth-order valence-corrected chi connectivity index (χ4v) is 4.23. The predicted octanol–water partition coefficient (Wildman–Crippen LogP) is 4.37. The van der Waals surface area contributed by atoms with E-state index in [9.17, 15) is 9.59 Å². The van der Waals surface area contributed by atoms with E-state index < -0.39 is 5.97 Å². The van der Waals surface area contributed by atoms with Gasteiger partial charge >= 0.3 is 5.97 Å². The average molecular weight is 364 g/mol. The molecule has 4 rings (SSSR count). The Morgan fingerprint density at radius 3 is 2.85 bits per heavy atom. The molecule has 2 aliphatic rings. The van der Waals surface area contributed by atoms with Gasteiger partial charge in [0.2, 0.25) is 0 Å². The minimum atomic E-state index is -0.411. The second kappa shape index (κ2) is 6.72. The van der Waals surface area contributed by atoms with Crippen molar-refractivity contribution in [1.82, 2.24) is 4.98 Å². The average Bonchev–Trinajstić information content (AvgIpc) is 3.21. The summed E-state index contributed by atoms with van der Waals surface area (Å²) >= 11 is 0. The van der Waals surface area contributed by atoms with Crippen molar-refractivity contribution in [3.05, 3.63) is 52.3 Å². The van der Waals surface area contributed by atoms with Gasteiger partial charge in [-0.25, -0.2) is 4.79 Å². The van der Waals surface area contributed by atoms with Gasteiger partial charge in [0.15, 0.2) is 0 Å². The molecule has 2 N–H and O–H groups in total. The van der Waals surface area contributed by atoms with Gasteiger partial charge in [0.25, 0.3) is 5.91 Å². The molecule has 2 heterocycles. The van der Waals surface area contributed by atoms with E-state index in [0.29, 0.717) is 23.0 Å². The number of carbonyl (C=O) groups is 2. The standard InChI is InChI=1S/C22H24N2O3/c1-12(2)15-5-4-6-19-17(15)10-14(23-19)11-18-16-9-13(22(26)27-3)7-8-20(16)24-21(18)25/h7-12,15,23H,4-6H2,1-3H3,(H,24,25). The van der Waals surface area contributed by atoms with E-state index in [0.717, 1.165) is 23.4 Å². The molecule has 5 heteroatoms. The molecule has 0 spiro atoms. The van der Waals surface area contributed by atoms with Gasteiger partial charge in [-0.05, 0) is 67.0 Å². The first kappa shape index (κ1) is 17.6. The molecule has 5 nitrogen and oxygen atoms in total. The van der Waals surface area contributed by atoms with Gasteiger partial charge in [-0.15, -0.1) is 0 Å². The van der Waals surface area contributed by atoms with Crippen LogP contribution in [0.2, 0.25) is 0 Å². The molecular formula is C22H24N2O3. The number of benzene rings is 1. The van der Waals surface area contributed by atoms with Crippen molar-refractivity contribution in [2.45, 2.75) is 39.0 Å². The summed E-state index contributed by atoms with van der Waals surface area (Å²) in [5, 5.41) is 2.87. The van der Waals surface area contributed by atoms with Crippen molar-refractivity contribution < 1.29 is 14.3 Å². The number of esters is 1. The lowest BCUT2D eigenvalue weighted by Gasteiger charge is -2.25. The van der Waals surface area contributed by atoms with Gasteiger partial charge in [-0.2, -0.15) is 0 Å². The number of methoxy groups -OCH3 is 1. The molecule has 1 aliphatic carbocycles. The van der Waals surface area contributed by atoms with E-state index in [1.165, 1.54) is 31.2 Å². The Labute approximate surface area is 158 Å². The first-order chi connectivity index (χ1) is 13.0. The summed E-state index contributed by atoms with van der Waals surface area (Å²) in [6.45, 7) is 4.53. The van der Waals surface area contributed by atoms with Gasteiger partial charge in [0.05, 0.1) is 18.2 Å². The Balaban J connectivity index is 1.74. The number of rotatable bonds is 3. The van der Waals surface area contributed by atoms with Crippen LogP contribution in [-0.2, 0) is 16.0 Å².